The monoisotopic (exact) mass is 253 g/mol. The molecule has 0 amide bonds. The van der Waals surface area contributed by atoms with Crippen molar-refractivity contribution in [2.75, 3.05) is 13.1 Å². The minimum atomic E-state index is 0.565. The van der Waals surface area contributed by atoms with E-state index in [-0.39, 0.29) is 0 Å². The molecular formula is C12H16BrN. The van der Waals surface area contributed by atoms with E-state index in [4.69, 9.17) is 0 Å². The molecule has 76 valence electrons. The van der Waals surface area contributed by atoms with Crippen molar-refractivity contribution in [2.24, 2.45) is 0 Å². The first kappa shape index (κ1) is 10.2. The van der Waals surface area contributed by atoms with Crippen molar-refractivity contribution in [3.8, 4) is 0 Å². The molecule has 1 aliphatic heterocycles. The zero-order chi connectivity index (χ0) is 9.97. The van der Waals surface area contributed by atoms with Crippen LogP contribution in [0.1, 0.15) is 31.4 Å². The third kappa shape index (κ3) is 2.18. The Morgan fingerprint density at radius 2 is 2.00 bits per heavy atom. The lowest BCUT2D eigenvalue weighted by atomic mass is 10.1. The second kappa shape index (κ2) is 4.45. The Balaban J connectivity index is 2.13. The molecule has 1 nitrogen and oxygen atoms in total. The lowest BCUT2D eigenvalue weighted by Gasteiger charge is -2.24. The predicted octanol–water partition coefficient (Wildman–Crippen LogP) is 3.61. The molecule has 0 aromatic heterocycles. The van der Waals surface area contributed by atoms with E-state index in [1.807, 2.05) is 0 Å². The van der Waals surface area contributed by atoms with E-state index in [1.54, 1.807) is 0 Å². The van der Waals surface area contributed by atoms with E-state index < -0.39 is 0 Å². The molecule has 0 saturated carbocycles. The van der Waals surface area contributed by atoms with Gasteiger partial charge in [-0.1, -0.05) is 28.1 Å². The molecule has 2 rings (SSSR count). The number of likely N-dealkylation sites (tertiary alicyclic amines) is 1. The Morgan fingerprint density at radius 3 is 2.64 bits per heavy atom. The molecule has 1 aromatic rings. The van der Waals surface area contributed by atoms with Gasteiger partial charge in [0.1, 0.15) is 0 Å². The smallest absolute Gasteiger partial charge is 0.0320 e. The normalized spacial score (nSPS) is 19.9. The number of halogens is 1. The largest absolute Gasteiger partial charge is 0.297 e. The van der Waals surface area contributed by atoms with Gasteiger partial charge in [0.2, 0.25) is 0 Å². The maximum atomic E-state index is 3.52. The summed E-state index contributed by atoms with van der Waals surface area (Å²) in [5.74, 6) is 0. The number of rotatable bonds is 2. The van der Waals surface area contributed by atoms with Crippen LogP contribution in [0.3, 0.4) is 0 Å². The predicted molar refractivity (Wildman–Crippen MR) is 63.4 cm³/mol. The van der Waals surface area contributed by atoms with Crippen LogP contribution in [0.2, 0.25) is 0 Å². The second-order valence-electron chi connectivity index (χ2n) is 3.97. The summed E-state index contributed by atoms with van der Waals surface area (Å²) >= 11 is 3.52. The van der Waals surface area contributed by atoms with Crippen LogP contribution in [0.4, 0.5) is 0 Å². The number of nitrogens with zero attached hydrogens (tertiary/aromatic N) is 1. The van der Waals surface area contributed by atoms with Crippen molar-refractivity contribution in [3.05, 3.63) is 34.3 Å². The minimum absolute atomic E-state index is 0.565. The standard InChI is InChI=1S/C12H16BrN/c1-10(14-7-2-3-8-14)11-5-4-6-12(13)9-11/h4-6,9-10H,2-3,7-8H2,1H3. The first-order valence-corrected chi connectivity index (χ1v) is 6.06. The topological polar surface area (TPSA) is 3.24 Å². The minimum Gasteiger partial charge on any atom is -0.297 e. The van der Waals surface area contributed by atoms with Crippen LogP contribution in [-0.4, -0.2) is 18.0 Å². The van der Waals surface area contributed by atoms with Gasteiger partial charge in [-0.2, -0.15) is 0 Å². The molecule has 2 heteroatoms. The van der Waals surface area contributed by atoms with E-state index >= 15 is 0 Å². The summed E-state index contributed by atoms with van der Waals surface area (Å²) in [5.41, 5.74) is 1.42. The van der Waals surface area contributed by atoms with Gasteiger partial charge in [0.15, 0.2) is 0 Å². The van der Waals surface area contributed by atoms with Gasteiger partial charge in [0.25, 0.3) is 0 Å². The molecule has 1 aromatic carbocycles. The lowest BCUT2D eigenvalue weighted by molar-refractivity contribution is 0.263. The van der Waals surface area contributed by atoms with Crippen molar-refractivity contribution in [1.82, 2.24) is 4.90 Å². The summed E-state index contributed by atoms with van der Waals surface area (Å²) in [6.07, 6.45) is 2.72. The number of hydrogen-bond acceptors (Lipinski definition) is 1. The van der Waals surface area contributed by atoms with E-state index in [0.29, 0.717) is 6.04 Å². The van der Waals surface area contributed by atoms with Gasteiger partial charge in [-0.25, -0.2) is 0 Å². The Hall–Kier alpha value is -0.340. The Bertz CT molecular complexity index is 305. The van der Waals surface area contributed by atoms with E-state index in [0.717, 1.165) is 0 Å². The third-order valence-corrected chi connectivity index (χ3v) is 3.51. The fourth-order valence-electron chi connectivity index (χ4n) is 2.11. The highest BCUT2D eigenvalue weighted by molar-refractivity contribution is 9.10. The maximum Gasteiger partial charge on any atom is 0.0320 e. The van der Waals surface area contributed by atoms with Crippen LogP contribution in [0.15, 0.2) is 28.7 Å². The Kier molecular flexibility index (Phi) is 3.24. The first-order valence-electron chi connectivity index (χ1n) is 5.27. The van der Waals surface area contributed by atoms with Gasteiger partial charge in [-0.15, -0.1) is 0 Å². The number of benzene rings is 1. The molecule has 1 aliphatic rings. The summed E-state index contributed by atoms with van der Waals surface area (Å²) < 4.78 is 1.18. The van der Waals surface area contributed by atoms with Crippen LogP contribution >= 0.6 is 15.9 Å². The van der Waals surface area contributed by atoms with Gasteiger partial charge >= 0.3 is 0 Å². The molecule has 0 bridgehead atoms. The van der Waals surface area contributed by atoms with Gasteiger partial charge in [0, 0.05) is 10.5 Å². The fraction of sp³-hybridized carbons (Fsp3) is 0.500. The summed E-state index contributed by atoms with van der Waals surface area (Å²) in [4.78, 5) is 2.56. The summed E-state index contributed by atoms with van der Waals surface area (Å²) in [7, 11) is 0. The van der Waals surface area contributed by atoms with Crippen LogP contribution in [-0.2, 0) is 0 Å². The molecule has 14 heavy (non-hydrogen) atoms. The van der Waals surface area contributed by atoms with Crippen LogP contribution in [0, 0.1) is 0 Å². The molecule has 0 N–H and O–H groups in total. The van der Waals surface area contributed by atoms with Crippen LogP contribution in [0.25, 0.3) is 0 Å². The molecular weight excluding hydrogens is 238 g/mol. The molecule has 0 radical (unpaired) electrons. The fourth-order valence-corrected chi connectivity index (χ4v) is 2.52. The van der Waals surface area contributed by atoms with Gasteiger partial charge in [0.05, 0.1) is 0 Å². The molecule has 1 atom stereocenters. The average Bonchev–Trinajstić information content (AvgIpc) is 2.69. The quantitative estimate of drug-likeness (QED) is 0.779. The van der Waals surface area contributed by atoms with Crippen LogP contribution < -0.4 is 0 Å². The van der Waals surface area contributed by atoms with Crippen molar-refractivity contribution in [1.29, 1.82) is 0 Å². The molecule has 1 unspecified atom stereocenters. The molecule has 1 heterocycles. The molecule has 0 spiro atoms. The third-order valence-electron chi connectivity index (χ3n) is 3.02. The Labute approximate surface area is 94.2 Å². The first-order chi connectivity index (χ1) is 6.77. The number of hydrogen-bond donors (Lipinski definition) is 0. The summed E-state index contributed by atoms with van der Waals surface area (Å²) in [5, 5.41) is 0. The average molecular weight is 254 g/mol. The van der Waals surface area contributed by atoms with Crippen molar-refractivity contribution < 1.29 is 0 Å². The van der Waals surface area contributed by atoms with Gasteiger partial charge in [-0.3, -0.25) is 4.90 Å². The van der Waals surface area contributed by atoms with E-state index in [1.165, 1.54) is 36.0 Å². The highest BCUT2D eigenvalue weighted by atomic mass is 79.9. The second-order valence-corrected chi connectivity index (χ2v) is 4.89. The van der Waals surface area contributed by atoms with Gasteiger partial charge < -0.3 is 0 Å². The zero-order valence-corrected chi connectivity index (χ0v) is 10.1. The molecule has 1 saturated heterocycles. The lowest BCUT2D eigenvalue weighted by Crippen LogP contribution is -2.23. The van der Waals surface area contributed by atoms with E-state index in [2.05, 4.69) is 52.0 Å². The zero-order valence-electron chi connectivity index (χ0n) is 8.54. The molecule has 1 fully saturated rings. The SMILES string of the molecule is CC(c1cccc(Br)c1)N1CCCC1. The van der Waals surface area contributed by atoms with Crippen molar-refractivity contribution in [3.63, 3.8) is 0 Å². The highest BCUT2D eigenvalue weighted by Gasteiger charge is 2.18. The molecule has 0 aliphatic carbocycles. The van der Waals surface area contributed by atoms with Gasteiger partial charge in [-0.05, 0) is 50.6 Å². The van der Waals surface area contributed by atoms with Crippen LogP contribution in [0.5, 0.6) is 0 Å². The highest BCUT2D eigenvalue weighted by Crippen LogP contribution is 2.26. The van der Waals surface area contributed by atoms with Crippen molar-refractivity contribution >= 4 is 15.9 Å². The maximum absolute atomic E-state index is 3.52. The van der Waals surface area contributed by atoms with E-state index in [9.17, 15) is 0 Å². The Morgan fingerprint density at radius 1 is 1.29 bits per heavy atom. The van der Waals surface area contributed by atoms with Crippen molar-refractivity contribution in [2.45, 2.75) is 25.8 Å². The summed E-state index contributed by atoms with van der Waals surface area (Å²) in [6.45, 7) is 4.81. The summed E-state index contributed by atoms with van der Waals surface area (Å²) in [6, 6.07) is 9.21.